The van der Waals surface area contributed by atoms with Crippen LogP contribution in [-0.2, 0) is 0 Å². The van der Waals surface area contributed by atoms with Gasteiger partial charge in [0.25, 0.3) is 0 Å². The minimum Gasteiger partial charge on any atom is -0.310 e. The molecule has 0 atom stereocenters. The number of hydrogen-bond acceptors (Lipinski definition) is 1. The van der Waals surface area contributed by atoms with Gasteiger partial charge in [0.05, 0.1) is 11.0 Å². The van der Waals surface area contributed by atoms with Crippen molar-refractivity contribution in [2.75, 3.05) is 4.90 Å². The van der Waals surface area contributed by atoms with Gasteiger partial charge in [0.15, 0.2) is 0 Å². The van der Waals surface area contributed by atoms with Gasteiger partial charge >= 0.3 is 0 Å². The van der Waals surface area contributed by atoms with Crippen LogP contribution in [0, 0.1) is 0 Å². The van der Waals surface area contributed by atoms with Crippen LogP contribution in [0.3, 0.4) is 0 Å². The summed E-state index contributed by atoms with van der Waals surface area (Å²) in [4.78, 5) is 2.36. The molecule has 0 saturated heterocycles. The van der Waals surface area contributed by atoms with E-state index in [-0.39, 0.29) is 0 Å². The zero-order valence-electron chi connectivity index (χ0n) is 29.7. The molecule has 0 amide bonds. The summed E-state index contributed by atoms with van der Waals surface area (Å²) in [5.41, 5.74) is 14.1. The number of para-hydroxylation sites is 2. The molecular formula is C52H36N2. The SMILES string of the molecule is c1ccc(-c2cccc(-c3ccc(N(c4ccccc4)c4cccc(-c5cccc6c5c5cc7ccccc7cc5n6-c5ccccc5)c4)cc3)c2)cc1. The topological polar surface area (TPSA) is 8.17 Å². The minimum absolute atomic E-state index is 1.10. The first-order chi connectivity index (χ1) is 26.8. The summed E-state index contributed by atoms with van der Waals surface area (Å²) in [6.07, 6.45) is 0. The highest BCUT2D eigenvalue weighted by molar-refractivity contribution is 6.18. The average Bonchev–Trinajstić information content (AvgIpc) is 3.57. The molecule has 1 aromatic heterocycles. The molecule has 0 spiro atoms. The van der Waals surface area contributed by atoms with E-state index in [2.05, 4.69) is 228 Å². The summed E-state index contributed by atoms with van der Waals surface area (Å²) >= 11 is 0. The molecule has 0 fully saturated rings. The standard InChI is InChI=1S/C52H36N2/c1-4-15-37(16-5-1)39-19-12-20-40(33-39)38-29-31-46(32-30-38)53(44-22-6-2-7-23-44)47-26-13-21-43(34-47)48-27-14-28-50-52(48)49-35-41-17-10-11-18-42(41)36-51(49)54(50)45-24-8-3-9-25-45/h1-36H. The van der Waals surface area contributed by atoms with Crippen molar-refractivity contribution >= 4 is 49.6 Å². The number of aromatic nitrogens is 1. The zero-order valence-corrected chi connectivity index (χ0v) is 29.7. The molecule has 0 N–H and O–H groups in total. The van der Waals surface area contributed by atoms with E-state index in [9.17, 15) is 0 Å². The van der Waals surface area contributed by atoms with Gasteiger partial charge in [-0.05, 0) is 117 Å². The fourth-order valence-corrected chi connectivity index (χ4v) is 8.00. The number of rotatable bonds is 7. The Morgan fingerprint density at radius 2 is 0.852 bits per heavy atom. The lowest BCUT2D eigenvalue weighted by molar-refractivity contribution is 1.18. The number of anilines is 3. The van der Waals surface area contributed by atoms with Crippen LogP contribution in [0.15, 0.2) is 218 Å². The predicted molar refractivity (Wildman–Crippen MR) is 229 cm³/mol. The molecule has 0 aliphatic carbocycles. The summed E-state index contributed by atoms with van der Waals surface area (Å²) in [5, 5.41) is 4.99. The van der Waals surface area contributed by atoms with Gasteiger partial charge in [-0.25, -0.2) is 0 Å². The highest BCUT2D eigenvalue weighted by Gasteiger charge is 2.19. The Hall–Kier alpha value is -7.16. The molecule has 0 radical (unpaired) electrons. The maximum Gasteiger partial charge on any atom is 0.0547 e. The molecule has 254 valence electrons. The van der Waals surface area contributed by atoms with Crippen molar-refractivity contribution in [3.05, 3.63) is 218 Å². The van der Waals surface area contributed by atoms with E-state index >= 15 is 0 Å². The average molecular weight is 689 g/mol. The normalized spacial score (nSPS) is 11.3. The number of fused-ring (bicyclic) bond motifs is 4. The molecule has 54 heavy (non-hydrogen) atoms. The zero-order chi connectivity index (χ0) is 35.8. The number of benzene rings is 9. The Bertz CT molecular complexity index is 2910. The lowest BCUT2D eigenvalue weighted by Crippen LogP contribution is -2.09. The van der Waals surface area contributed by atoms with Crippen LogP contribution in [0.5, 0.6) is 0 Å². The summed E-state index contributed by atoms with van der Waals surface area (Å²) in [7, 11) is 0. The third kappa shape index (κ3) is 5.62. The maximum absolute atomic E-state index is 2.41. The van der Waals surface area contributed by atoms with Crippen LogP contribution < -0.4 is 4.90 Å². The van der Waals surface area contributed by atoms with Gasteiger partial charge in [-0.15, -0.1) is 0 Å². The fraction of sp³-hybridized carbons (Fsp3) is 0. The molecule has 10 aromatic rings. The van der Waals surface area contributed by atoms with E-state index in [1.165, 1.54) is 66.0 Å². The predicted octanol–water partition coefficient (Wildman–Crippen LogP) is 14.4. The largest absolute Gasteiger partial charge is 0.310 e. The Labute approximate surface area is 315 Å². The van der Waals surface area contributed by atoms with Crippen molar-refractivity contribution < 1.29 is 0 Å². The lowest BCUT2D eigenvalue weighted by Gasteiger charge is -2.26. The van der Waals surface area contributed by atoms with Gasteiger partial charge in [-0.3, -0.25) is 0 Å². The van der Waals surface area contributed by atoms with Crippen molar-refractivity contribution in [1.82, 2.24) is 4.57 Å². The van der Waals surface area contributed by atoms with E-state index in [4.69, 9.17) is 0 Å². The van der Waals surface area contributed by atoms with Gasteiger partial charge in [-0.1, -0.05) is 146 Å². The molecule has 9 aromatic carbocycles. The second kappa shape index (κ2) is 13.4. The molecule has 2 nitrogen and oxygen atoms in total. The molecule has 0 unspecified atom stereocenters. The smallest absolute Gasteiger partial charge is 0.0547 e. The first-order valence-electron chi connectivity index (χ1n) is 18.5. The van der Waals surface area contributed by atoms with Crippen molar-refractivity contribution in [3.8, 4) is 39.1 Å². The van der Waals surface area contributed by atoms with Crippen LogP contribution in [0.1, 0.15) is 0 Å². The molecule has 0 bridgehead atoms. The molecule has 1 heterocycles. The van der Waals surface area contributed by atoms with Gasteiger partial charge in [0, 0.05) is 33.5 Å². The minimum atomic E-state index is 1.10. The highest BCUT2D eigenvalue weighted by atomic mass is 15.1. The second-order valence-corrected chi connectivity index (χ2v) is 13.8. The molecule has 0 aliphatic rings. The van der Waals surface area contributed by atoms with Crippen molar-refractivity contribution in [3.63, 3.8) is 0 Å². The van der Waals surface area contributed by atoms with E-state index < -0.39 is 0 Å². The quantitative estimate of drug-likeness (QED) is 0.162. The Kier molecular flexibility index (Phi) is 7.85. The number of nitrogens with zero attached hydrogens (tertiary/aromatic N) is 2. The van der Waals surface area contributed by atoms with Crippen LogP contribution in [0.4, 0.5) is 17.1 Å². The monoisotopic (exact) mass is 688 g/mol. The Morgan fingerprint density at radius 1 is 0.315 bits per heavy atom. The summed E-state index contributed by atoms with van der Waals surface area (Å²) in [6.45, 7) is 0. The van der Waals surface area contributed by atoms with E-state index in [1.807, 2.05) is 0 Å². The maximum atomic E-state index is 2.41. The number of hydrogen-bond donors (Lipinski definition) is 0. The Balaban J connectivity index is 1.10. The van der Waals surface area contributed by atoms with Gasteiger partial charge < -0.3 is 9.47 Å². The fourth-order valence-electron chi connectivity index (χ4n) is 8.00. The summed E-state index contributed by atoms with van der Waals surface area (Å²) in [6, 6.07) is 78.8. The van der Waals surface area contributed by atoms with E-state index in [0.717, 1.165) is 22.7 Å². The third-order valence-electron chi connectivity index (χ3n) is 10.5. The van der Waals surface area contributed by atoms with Gasteiger partial charge in [-0.2, -0.15) is 0 Å². The summed E-state index contributed by atoms with van der Waals surface area (Å²) in [5.74, 6) is 0. The molecule has 0 aliphatic heterocycles. The van der Waals surface area contributed by atoms with Crippen LogP contribution in [0.25, 0.3) is 71.6 Å². The van der Waals surface area contributed by atoms with Crippen LogP contribution >= 0.6 is 0 Å². The molecular weight excluding hydrogens is 653 g/mol. The molecule has 10 rings (SSSR count). The van der Waals surface area contributed by atoms with E-state index in [0.29, 0.717) is 0 Å². The van der Waals surface area contributed by atoms with Gasteiger partial charge in [0.2, 0.25) is 0 Å². The van der Waals surface area contributed by atoms with Crippen molar-refractivity contribution in [2.24, 2.45) is 0 Å². The first kappa shape index (κ1) is 31.6. The van der Waals surface area contributed by atoms with E-state index in [1.54, 1.807) is 0 Å². The van der Waals surface area contributed by atoms with Crippen LogP contribution in [0.2, 0.25) is 0 Å². The molecule has 0 saturated carbocycles. The van der Waals surface area contributed by atoms with Crippen molar-refractivity contribution in [2.45, 2.75) is 0 Å². The third-order valence-corrected chi connectivity index (χ3v) is 10.5. The van der Waals surface area contributed by atoms with Gasteiger partial charge in [0.1, 0.15) is 0 Å². The lowest BCUT2D eigenvalue weighted by atomic mass is 9.97. The highest BCUT2D eigenvalue weighted by Crippen LogP contribution is 2.42. The first-order valence-corrected chi connectivity index (χ1v) is 18.5. The summed E-state index contributed by atoms with van der Waals surface area (Å²) < 4.78 is 2.41. The van der Waals surface area contributed by atoms with Crippen LogP contribution in [-0.4, -0.2) is 4.57 Å². The molecule has 2 heteroatoms. The van der Waals surface area contributed by atoms with Crippen molar-refractivity contribution in [1.29, 1.82) is 0 Å². The second-order valence-electron chi connectivity index (χ2n) is 13.8. The Morgan fingerprint density at radius 3 is 1.59 bits per heavy atom.